The van der Waals surface area contributed by atoms with Crippen LogP contribution in [0.15, 0.2) is 42.0 Å². The van der Waals surface area contributed by atoms with Crippen molar-refractivity contribution in [2.75, 3.05) is 5.32 Å². The summed E-state index contributed by atoms with van der Waals surface area (Å²) in [7, 11) is 0. The first-order valence-electron chi connectivity index (χ1n) is 4.93. The van der Waals surface area contributed by atoms with Gasteiger partial charge in [0.1, 0.15) is 0 Å². The summed E-state index contributed by atoms with van der Waals surface area (Å²) in [4.78, 5) is 22.1. The predicted octanol–water partition coefficient (Wildman–Crippen LogP) is 2.05. The van der Waals surface area contributed by atoms with Crippen LogP contribution in [0.4, 0.5) is 5.69 Å². The number of aliphatic carboxylic acids is 1. The van der Waals surface area contributed by atoms with Crippen molar-refractivity contribution in [1.29, 1.82) is 0 Å². The van der Waals surface area contributed by atoms with Crippen molar-refractivity contribution in [1.82, 2.24) is 0 Å². The van der Waals surface area contributed by atoms with E-state index in [1.54, 1.807) is 31.2 Å². The summed E-state index contributed by atoms with van der Waals surface area (Å²) in [6.07, 6.45) is 1.42. The van der Waals surface area contributed by atoms with Gasteiger partial charge in [-0.15, -0.1) is 0 Å². The number of carboxylic acid groups (broad SMARTS) is 1. The molecule has 2 N–H and O–H groups in total. The number of benzene rings is 1. The van der Waals surface area contributed by atoms with Crippen molar-refractivity contribution in [3.05, 3.63) is 42.0 Å². The van der Waals surface area contributed by atoms with Gasteiger partial charge in [-0.1, -0.05) is 25.1 Å². The maximum Gasteiger partial charge on any atom is 0.331 e. The fourth-order valence-corrected chi connectivity index (χ4v) is 1.17. The average Bonchev–Trinajstić information content (AvgIpc) is 2.27. The molecule has 84 valence electrons. The van der Waals surface area contributed by atoms with E-state index in [-0.39, 0.29) is 5.57 Å². The molecule has 0 bridgehead atoms. The molecule has 0 aliphatic rings. The second-order valence-electron chi connectivity index (χ2n) is 3.18. The molecule has 0 spiro atoms. The Bertz CT molecular complexity index is 410. The molecule has 0 saturated heterocycles. The molecule has 0 unspecified atom stereocenters. The Labute approximate surface area is 93.6 Å². The number of rotatable bonds is 4. The fraction of sp³-hybridized carbons (Fsp3) is 0.167. The molecule has 1 amide bonds. The van der Waals surface area contributed by atoms with Crippen molar-refractivity contribution >= 4 is 17.6 Å². The van der Waals surface area contributed by atoms with Crippen molar-refractivity contribution in [2.45, 2.75) is 13.3 Å². The quantitative estimate of drug-likeness (QED) is 0.761. The van der Waals surface area contributed by atoms with Crippen LogP contribution < -0.4 is 5.32 Å². The van der Waals surface area contributed by atoms with Crippen LogP contribution in [0.3, 0.4) is 0 Å². The van der Waals surface area contributed by atoms with Gasteiger partial charge in [0.05, 0.1) is 0 Å². The molecule has 4 heteroatoms. The van der Waals surface area contributed by atoms with Crippen LogP contribution in [0.5, 0.6) is 0 Å². The number of carbonyl (C=O) groups excluding carboxylic acids is 1. The summed E-state index contributed by atoms with van der Waals surface area (Å²) in [5.74, 6) is -1.49. The topological polar surface area (TPSA) is 66.4 Å². The maximum atomic E-state index is 11.4. The lowest BCUT2D eigenvalue weighted by molar-refractivity contribution is -0.133. The molecule has 4 nitrogen and oxygen atoms in total. The van der Waals surface area contributed by atoms with E-state index in [4.69, 9.17) is 5.11 Å². The van der Waals surface area contributed by atoms with Crippen molar-refractivity contribution in [3.8, 4) is 0 Å². The van der Waals surface area contributed by atoms with E-state index in [0.717, 1.165) is 6.08 Å². The Morgan fingerprint density at radius 2 is 1.94 bits per heavy atom. The molecule has 0 heterocycles. The lowest BCUT2D eigenvalue weighted by atomic mass is 10.2. The third-order valence-corrected chi connectivity index (χ3v) is 2.00. The third kappa shape index (κ3) is 3.57. The Balaban J connectivity index is 2.70. The van der Waals surface area contributed by atoms with Gasteiger partial charge in [0.2, 0.25) is 5.91 Å². The van der Waals surface area contributed by atoms with E-state index in [9.17, 15) is 9.59 Å². The molecule has 0 saturated carbocycles. The average molecular weight is 219 g/mol. The van der Waals surface area contributed by atoms with Gasteiger partial charge in [-0.05, 0) is 18.6 Å². The monoisotopic (exact) mass is 219 g/mol. The third-order valence-electron chi connectivity index (χ3n) is 2.00. The minimum atomic E-state index is -1.06. The van der Waals surface area contributed by atoms with Crippen LogP contribution in [0.2, 0.25) is 0 Å². The Hall–Kier alpha value is -2.10. The first kappa shape index (κ1) is 12.0. The fourth-order valence-electron chi connectivity index (χ4n) is 1.17. The van der Waals surface area contributed by atoms with Crippen LogP contribution in [0.1, 0.15) is 13.3 Å². The highest BCUT2D eigenvalue weighted by Gasteiger charge is 2.07. The highest BCUT2D eigenvalue weighted by molar-refractivity contribution is 6.04. The molecule has 1 rings (SSSR count). The van der Waals surface area contributed by atoms with E-state index < -0.39 is 11.9 Å². The Morgan fingerprint density at radius 3 is 2.44 bits per heavy atom. The number of nitrogens with one attached hydrogen (secondary N) is 1. The van der Waals surface area contributed by atoms with Gasteiger partial charge in [-0.3, -0.25) is 4.79 Å². The molecule has 0 atom stereocenters. The van der Waals surface area contributed by atoms with Gasteiger partial charge in [0, 0.05) is 17.3 Å². The summed E-state index contributed by atoms with van der Waals surface area (Å²) < 4.78 is 0. The minimum Gasteiger partial charge on any atom is -0.478 e. The summed E-state index contributed by atoms with van der Waals surface area (Å²) >= 11 is 0. The molecule has 0 aliphatic carbocycles. The largest absolute Gasteiger partial charge is 0.478 e. The van der Waals surface area contributed by atoms with Crippen LogP contribution >= 0.6 is 0 Å². The molecule has 16 heavy (non-hydrogen) atoms. The van der Waals surface area contributed by atoms with Gasteiger partial charge in [-0.2, -0.15) is 0 Å². The van der Waals surface area contributed by atoms with Crippen molar-refractivity contribution in [2.24, 2.45) is 0 Å². The second-order valence-corrected chi connectivity index (χ2v) is 3.18. The van der Waals surface area contributed by atoms with Gasteiger partial charge >= 0.3 is 5.97 Å². The lowest BCUT2D eigenvalue weighted by Crippen LogP contribution is -2.11. The molecule has 0 radical (unpaired) electrons. The number of carboxylic acids is 1. The predicted molar refractivity (Wildman–Crippen MR) is 61.1 cm³/mol. The lowest BCUT2D eigenvalue weighted by Gasteiger charge is -2.02. The molecule has 0 aliphatic heterocycles. The summed E-state index contributed by atoms with van der Waals surface area (Å²) in [6, 6.07) is 8.88. The zero-order valence-corrected chi connectivity index (χ0v) is 8.93. The number of anilines is 1. The normalized spacial score (nSPS) is 10.9. The zero-order valence-electron chi connectivity index (χ0n) is 8.93. The minimum absolute atomic E-state index is 0.0911. The number of hydrogen-bond donors (Lipinski definition) is 2. The maximum absolute atomic E-state index is 11.4. The van der Waals surface area contributed by atoms with Gasteiger partial charge < -0.3 is 10.4 Å². The zero-order chi connectivity index (χ0) is 12.0. The van der Waals surface area contributed by atoms with E-state index in [2.05, 4.69) is 5.32 Å². The van der Waals surface area contributed by atoms with Crippen LogP contribution in [-0.2, 0) is 9.59 Å². The molecular weight excluding hydrogens is 206 g/mol. The molecule has 1 aromatic carbocycles. The molecule has 0 aromatic heterocycles. The van der Waals surface area contributed by atoms with Crippen LogP contribution in [-0.4, -0.2) is 17.0 Å². The summed E-state index contributed by atoms with van der Waals surface area (Å²) in [5, 5.41) is 11.3. The summed E-state index contributed by atoms with van der Waals surface area (Å²) in [5.41, 5.74) is 0.734. The van der Waals surface area contributed by atoms with Crippen LogP contribution in [0.25, 0.3) is 0 Å². The highest BCUT2D eigenvalue weighted by atomic mass is 16.4. The SMILES string of the molecule is CCC(=CC(=O)Nc1ccccc1)C(=O)O. The van der Waals surface area contributed by atoms with E-state index >= 15 is 0 Å². The first-order chi connectivity index (χ1) is 7.63. The van der Waals surface area contributed by atoms with E-state index in [1.807, 2.05) is 6.07 Å². The second kappa shape index (κ2) is 5.70. The number of hydrogen-bond acceptors (Lipinski definition) is 2. The van der Waals surface area contributed by atoms with Crippen molar-refractivity contribution < 1.29 is 14.7 Å². The number of amides is 1. The first-order valence-corrected chi connectivity index (χ1v) is 4.93. The number of carbonyl (C=O) groups is 2. The van der Waals surface area contributed by atoms with E-state index in [1.165, 1.54) is 0 Å². The molecular formula is C12H13NO3. The smallest absolute Gasteiger partial charge is 0.331 e. The van der Waals surface area contributed by atoms with Gasteiger partial charge in [0.25, 0.3) is 0 Å². The summed E-state index contributed by atoms with van der Waals surface area (Å²) in [6.45, 7) is 1.69. The Morgan fingerprint density at radius 1 is 1.31 bits per heavy atom. The van der Waals surface area contributed by atoms with Gasteiger partial charge in [0.15, 0.2) is 0 Å². The van der Waals surface area contributed by atoms with Crippen molar-refractivity contribution in [3.63, 3.8) is 0 Å². The molecule has 0 fully saturated rings. The Kier molecular flexibility index (Phi) is 4.27. The standard InChI is InChI=1S/C12H13NO3/c1-2-9(12(15)16)8-11(14)13-10-6-4-3-5-7-10/h3-8H,2H2,1H3,(H,13,14)(H,15,16). The molecule has 1 aromatic rings. The number of para-hydroxylation sites is 1. The highest BCUT2D eigenvalue weighted by Crippen LogP contribution is 2.06. The van der Waals surface area contributed by atoms with Gasteiger partial charge in [-0.25, -0.2) is 4.79 Å². The van der Waals surface area contributed by atoms with Crippen LogP contribution in [0, 0.1) is 0 Å². The van der Waals surface area contributed by atoms with E-state index in [0.29, 0.717) is 12.1 Å².